The fourth-order valence-electron chi connectivity index (χ4n) is 3.42. The van der Waals surface area contributed by atoms with E-state index in [-0.39, 0.29) is 0 Å². The molecule has 23 heavy (non-hydrogen) atoms. The molecule has 2 N–H and O–H groups in total. The van der Waals surface area contributed by atoms with E-state index in [1.807, 2.05) is 18.2 Å². The van der Waals surface area contributed by atoms with Crippen LogP contribution in [0.2, 0.25) is 0 Å². The molecule has 0 spiro atoms. The van der Waals surface area contributed by atoms with Crippen LogP contribution in [-0.2, 0) is 12.8 Å². The maximum Gasteiger partial charge on any atom is 0.248 e. The van der Waals surface area contributed by atoms with Crippen LogP contribution in [0.4, 0.5) is 5.95 Å². The van der Waals surface area contributed by atoms with Gasteiger partial charge in [-0.3, -0.25) is 4.79 Å². The van der Waals surface area contributed by atoms with Crippen molar-refractivity contribution in [3.05, 3.63) is 41.1 Å². The number of primary amides is 1. The zero-order chi connectivity index (χ0) is 16.0. The third-order valence-corrected chi connectivity index (χ3v) is 4.92. The number of hydrogen-bond donors (Lipinski definition) is 1. The van der Waals surface area contributed by atoms with Crippen molar-refractivity contribution >= 4 is 11.9 Å². The van der Waals surface area contributed by atoms with Gasteiger partial charge in [0, 0.05) is 35.0 Å². The number of carbonyl (C=O) groups is 1. The lowest BCUT2D eigenvalue weighted by Crippen LogP contribution is -2.46. The van der Waals surface area contributed by atoms with E-state index in [4.69, 9.17) is 15.7 Å². The third-order valence-electron chi connectivity index (χ3n) is 4.92. The number of rotatable bonds is 3. The van der Waals surface area contributed by atoms with Gasteiger partial charge in [-0.05, 0) is 44.7 Å². The fourth-order valence-corrected chi connectivity index (χ4v) is 3.42. The minimum atomic E-state index is -0.408. The van der Waals surface area contributed by atoms with Crippen LogP contribution in [-0.4, -0.2) is 28.5 Å². The molecular weight excluding hydrogens is 288 g/mol. The van der Waals surface area contributed by atoms with Crippen molar-refractivity contribution in [2.24, 2.45) is 5.73 Å². The maximum absolute atomic E-state index is 11.5. The summed E-state index contributed by atoms with van der Waals surface area (Å²) in [6, 6.07) is 7.94. The molecule has 2 heterocycles. The van der Waals surface area contributed by atoms with Crippen molar-refractivity contribution in [2.45, 2.75) is 38.6 Å². The Hall–Kier alpha value is -2.43. The van der Waals surface area contributed by atoms with E-state index >= 15 is 0 Å². The molecule has 1 fully saturated rings. The molecule has 0 radical (unpaired) electrons. The second-order valence-electron chi connectivity index (χ2n) is 6.43. The molecular formula is C18H20N4O. The lowest BCUT2D eigenvalue weighted by Gasteiger charge is -2.39. The summed E-state index contributed by atoms with van der Waals surface area (Å²) < 4.78 is 0. The van der Waals surface area contributed by atoms with Gasteiger partial charge < -0.3 is 10.6 Å². The number of carbonyl (C=O) groups excluding carboxylic acids is 1. The van der Waals surface area contributed by atoms with Gasteiger partial charge in [-0.2, -0.15) is 0 Å². The predicted octanol–water partition coefficient (Wildman–Crippen LogP) is 2.33. The van der Waals surface area contributed by atoms with Crippen LogP contribution in [0, 0.1) is 0 Å². The van der Waals surface area contributed by atoms with Crippen LogP contribution in [0.25, 0.3) is 11.3 Å². The first-order valence-electron chi connectivity index (χ1n) is 8.20. The normalized spacial score (nSPS) is 19.3. The van der Waals surface area contributed by atoms with E-state index < -0.39 is 5.91 Å². The van der Waals surface area contributed by atoms with Gasteiger partial charge in [0.1, 0.15) is 0 Å². The first-order valence-corrected chi connectivity index (χ1v) is 8.20. The highest BCUT2D eigenvalue weighted by Crippen LogP contribution is 2.34. The van der Waals surface area contributed by atoms with E-state index in [1.165, 1.54) is 12.0 Å². The quantitative estimate of drug-likeness (QED) is 0.944. The second-order valence-corrected chi connectivity index (χ2v) is 6.43. The monoisotopic (exact) mass is 308 g/mol. The number of nitrogens with two attached hydrogens (primary N) is 1. The van der Waals surface area contributed by atoms with Crippen LogP contribution in [0.3, 0.4) is 0 Å². The number of anilines is 1. The third kappa shape index (κ3) is 2.36. The number of nitrogens with zero attached hydrogens (tertiary/aromatic N) is 3. The first kappa shape index (κ1) is 14.2. The number of benzene rings is 1. The number of aromatic nitrogens is 2. The molecule has 1 saturated heterocycles. The van der Waals surface area contributed by atoms with Crippen LogP contribution >= 0.6 is 0 Å². The van der Waals surface area contributed by atoms with E-state index in [9.17, 15) is 4.79 Å². The number of hydrogen-bond acceptors (Lipinski definition) is 4. The first-order chi connectivity index (χ1) is 11.1. The molecule has 2 aromatic rings. The molecule has 118 valence electrons. The standard InChI is InChI=1S/C18H20N4O/c1-11-8-9-22(11)18-20-15-7-3-6-14(15)16(21-18)12-4-2-5-13(10-12)17(19)23/h2,4-5,10-11H,3,6-9H2,1H3,(H2,19,23). The molecule has 4 rings (SSSR count). The summed E-state index contributed by atoms with van der Waals surface area (Å²) in [7, 11) is 0. The van der Waals surface area contributed by atoms with Crippen LogP contribution < -0.4 is 10.6 Å². The van der Waals surface area contributed by atoms with Gasteiger partial charge in [0.25, 0.3) is 0 Å². The summed E-state index contributed by atoms with van der Waals surface area (Å²) in [5, 5.41) is 0. The van der Waals surface area contributed by atoms with Gasteiger partial charge in [-0.15, -0.1) is 0 Å². The van der Waals surface area contributed by atoms with Crippen molar-refractivity contribution in [1.82, 2.24) is 9.97 Å². The van der Waals surface area contributed by atoms with Crippen molar-refractivity contribution in [3.8, 4) is 11.3 Å². The molecule has 1 aromatic heterocycles. The average Bonchev–Trinajstić information content (AvgIpc) is 3.01. The van der Waals surface area contributed by atoms with Crippen molar-refractivity contribution < 1.29 is 4.79 Å². The molecule has 1 aliphatic heterocycles. The molecule has 1 aromatic carbocycles. The Morgan fingerprint density at radius 2 is 2.17 bits per heavy atom. The van der Waals surface area contributed by atoms with Crippen LogP contribution in [0.5, 0.6) is 0 Å². The molecule has 5 heteroatoms. The molecule has 1 atom stereocenters. The van der Waals surface area contributed by atoms with Crippen molar-refractivity contribution in [1.29, 1.82) is 0 Å². The fraction of sp³-hybridized carbons (Fsp3) is 0.389. The Kier molecular flexibility index (Phi) is 3.29. The number of amides is 1. The Morgan fingerprint density at radius 3 is 2.87 bits per heavy atom. The summed E-state index contributed by atoms with van der Waals surface area (Å²) in [5.74, 6) is 0.415. The Labute approximate surface area is 135 Å². The summed E-state index contributed by atoms with van der Waals surface area (Å²) in [5.41, 5.74) is 10.2. The molecule has 2 aliphatic rings. The molecule has 1 unspecified atom stereocenters. The van der Waals surface area contributed by atoms with Gasteiger partial charge in [0.2, 0.25) is 11.9 Å². The lowest BCUT2D eigenvalue weighted by atomic mass is 10.0. The summed E-state index contributed by atoms with van der Waals surface area (Å²) >= 11 is 0. The second kappa shape index (κ2) is 5.33. The SMILES string of the molecule is CC1CCN1c1nc2c(c(-c3cccc(C(N)=O)c3)n1)CCC2. The molecule has 0 saturated carbocycles. The Bertz CT molecular complexity index is 787. The van der Waals surface area contributed by atoms with Crippen LogP contribution in [0.15, 0.2) is 24.3 Å². The van der Waals surface area contributed by atoms with E-state index in [0.717, 1.165) is 48.7 Å². The van der Waals surface area contributed by atoms with E-state index in [0.29, 0.717) is 11.6 Å². The maximum atomic E-state index is 11.5. The predicted molar refractivity (Wildman–Crippen MR) is 89.4 cm³/mol. The zero-order valence-electron chi connectivity index (χ0n) is 13.2. The highest BCUT2D eigenvalue weighted by atomic mass is 16.1. The smallest absolute Gasteiger partial charge is 0.248 e. The molecule has 5 nitrogen and oxygen atoms in total. The van der Waals surface area contributed by atoms with Gasteiger partial charge in [0.15, 0.2) is 0 Å². The molecule has 1 amide bonds. The molecule has 1 aliphatic carbocycles. The van der Waals surface area contributed by atoms with E-state index in [1.54, 1.807) is 6.07 Å². The Morgan fingerprint density at radius 1 is 1.30 bits per heavy atom. The van der Waals surface area contributed by atoms with E-state index in [2.05, 4.69) is 11.8 Å². The Balaban J connectivity index is 1.84. The topological polar surface area (TPSA) is 72.1 Å². The van der Waals surface area contributed by atoms with Gasteiger partial charge in [-0.1, -0.05) is 12.1 Å². The van der Waals surface area contributed by atoms with Gasteiger partial charge >= 0.3 is 0 Å². The van der Waals surface area contributed by atoms with Crippen molar-refractivity contribution in [3.63, 3.8) is 0 Å². The van der Waals surface area contributed by atoms with Gasteiger partial charge in [0.05, 0.1) is 5.69 Å². The largest absolute Gasteiger partial charge is 0.366 e. The molecule has 0 bridgehead atoms. The summed E-state index contributed by atoms with van der Waals surface area (Å²) in [6.45, 7) is 3.22. The minimum Gasteiger partial charge on any atom is -0.366 e. The van der Waals surface area contributed by atoms with Gasteiger partial charge in [-0.25, -0.2) is 9.97 Å². The highest BCUT2D eigenvalue weighted by Gasteiger charge is 2.29. The van der Waals surface area contributed by atoms with Crippen LogP contribution in [0.1, 0.15) is 41.4 Å². The average molecular weight is 308 g/mol. The van der Waals surface area contributed by atoms with Crippen molar-refractivity contribution in [2.75, 3.05) is 11.4 Å². The zero-order valence-corrected chi connectivity index (χ0v) is 13.2. The number of aryl methyl sites for hydroxylation is 1. The number of fused-ring (bicyclic) bond motifs is 1. The highest BCUT2D eigenvalue weighted by molar-refractivity contribution is 5.94. The summed E-state index contributed by atoms with van der Waals surface area (Å²) in [6.07, 6.45) is 4.31. The minimum absolute atomic E-state index is 0.408. The summed E-state index contributed by atoms with van der Waals surface area (Å²) in [4.78, 5) is 23.4. The lowest BCUT2D eigenvalue weighted by molar-refractivity contribution is 0.100.